The zero-order valence-electron chi connectivity index (χ0n) is 17.2. The van der Waals surface area contributed by atoms with Crippen LogP contribution in [0.5, 0.6) is 5.75 Å². The van der Waals surface area contributed by atoms with E-state index < -0.39 is 11.0 Å². The second-order valence-electron chi connectivity index (χ2n) is 8.17. The molecule has 4 rings (SSSR count). The van der Waals surface area contributed by atoms with Gasteiger partial charge in [-0.3, -0.25) is 4.98 Å². The molecule has 154 valence electrons. The normalized spacial score (nSPS) is 16.0. The summed E-state index contributed by atoms with van der Waals surface area (Å²) < 4.78 is 7.41. The van der Waals surface area contributed by atoms with Crippen molar-refractivity contribution < 1.29 is 9.52 Å². The highest BCUT2D eigenvalue weighted by molar-refractivity contribution is 6.30. The Morgan fingerprint density at radius 3 is 2.63 bits per heavy atom. The smallest absolute Gasteiger partial charge is 0.347 e. The predicted molar refractivity (Wildman–Crippen MR) is 117 cm³/mol. The SMILES string of the molecule is CC1=C(c2c(O)c(C)c(-c3cccnc3)oc2=O)C(C)(C)CC(n2cc(Cl)cn2)=C1. The highest BCUT2D eigenvalue weighted by atomic mass is 35.5. The van der Waals surface area contributed by atoms with Gasteiger partial charge in [-0.25, -0.2) is 9.48 Å². The molecule has 0 amide bonds. The third-order valence-electron chi connectivity index (χ3n) is 5.43. The van der Waals surface area contributed by atoms with Crippen molar-refractivity contribution in [3.63, 3.8) is 0 Å². The predicted octanol–water partition coefficient (Wildman–Crippen LogP) is 5.31. The third kappa shape index (κ3) is 3.37. The first kappa shape index (κ1) is 20.2. The van der Waals surface area contributed by atoms with Gasteiger partial charge in [0, 0.05) is 35.4 Å². The second-order valence-corrected chi connectivity index (χ2v) is 8.60. The van der Waals surface area contributed by atoms with E-state index in [2.05, 4.69) is 10.1 Å². The van der Waals surface area contributed by atoms with Crippen LogP contribution >= 0.6 is 11.6 Å². The fourth-order valence-electron chi connectivity index (χ4n) is 4.19. The minimum Gasteiger partial charge on any atom is -0.507 e. The van der Waals surface area contributed by atoms with Gasteiger partial charge in [-0.15, -0.1) is 0 Å². The van der Waals surface area contributed by atoms with E-state index in [-0.39, 0.29) is 11.3 Å². The first-order valence-electron chi connectivity index (χ1n) is 9.59. The molecule has 0 atom stereocenters. The minimum absolute atomic E-state index is 0.0634. The van der Waals surface area contributed by atoms with Crippen LogP contribution < -0.4 is 5.63 Å². The largest absolute Gasteiger partial charge is 0.507 e. The molecule has 6 nitrogen and oxygen atoms in total. The van der Waals surface area contributed by atoms with E-state index in [1.54, 1.807) is 48.5 Å². The number of halogens is 1. The lowest BCUT2D eigenvalue weighted by Gasteiger charge is -2.34. The Bertz CT molecular complexity index is 1250. The maximum atomic E-state index is 13.0. The number of aromatic hydroxyl groups is 1. The van der Waals surface area contributed by atoms with Gasteiger partial charge in [-0.2, -0.15) is 5.10 Å². The van der Waals surface area contributed by atoms with Crippen molar-refractivity contribution in [3.05, 3.63) is 75.1 Å². The summed E-state index contributed by atoms with van der Waals surface area (Å²) in [6, 6.07) is 3.54. The molecule has 30 heavy (non-hydrogen) atoms. The molecule has 3 aromatic rings. The van der Waals surface area contributed by atoms with Crippen LogP contribution in [-0.4, -0.2) is 19.9 Å². The molecule has 0 fully saturated rings. The minimum atomic E-state index is -0.571. The number of nitrogens with zero attached hydrogens (tertiary/aromatic N) is 3. The van der Waals surface area contributed by atoms with Gasteiger partial charge in [0.2, 0.25) is 0 Å². The fourth-order valence-corrected chi connectivity index (χ4v) is 4.33. The van der Waals surface area contributed by atoms with E-state index in [1.165, 1.54) is 0 Å². The van der Waals surface area contributed by atoms with Crippen molar-refractivity contribution >= 4 is 22.9 Å². The van der Waals surface area contributed by atoms with Gasteiger partial charge in [0.1, 0.15) is 17.1 Å². The van der Waals surface area contributed by atoms with E-state index >= 15 is 0 Å². The first-order valence-corrected chi connectivity index (χ1v) is 9.97. The standard InChI is InChI=1S/C23H22ClN3O3/c1-13-8-17(27-12-16(24)11-26-27)9-23(3,4)19(13)18-20(28)14(2)21(30-22(18)29)15-6-5-7-25-10-15/h5-8,10-12,28H,9H2,1-4H3. The third-order valence-corrected chi connectivity index (χ3v) is 5.62. The number of hydrogen-bond donors (Lipinski definition) is 1. The molecule has 0 unspecified atom stereocenters. The van der Waals surface area contributed by atoms with Crippen LogP contribution in [0.4, 0.5) is 0 Å². The van der Waals surface area contributed by atoms with Crippen molar-refractivity contribution in [3.8, 4) is 17.1 Å². The van der Waals surface area contributed by atoms with Crippen LogP contribution in [-0.2, 0) is 0 Å². The van der Waals surface area contributed by atoms with Gasteiger partial charge in [-0.05, 0) is 55.0 Å². The fraction of sp³-hybridized carbons (Fsp3) is 0.261. The van der Waals surface area contributed by atoms with Gasteiger partial charge in [0.25, 0.3) is 0 Å². The van der Waals surface area contributed by atoms with Crippen molar-refractivity contribution in [2.75, 3.05) is 0 Å². The molecule has 1 aliphatic carbocycles. The zero-order valence-corrected chi connectivity index (χ0v) is 18.0. The quantitative estimate of drug-likeness (QED) is 0.617. The second kappa shape index (κ2) is 7.29. The summed E-state index contributed by atoms with van der Waals surface area (Å²) in [6.45, 7) is 7.73. The summed E-state index contributed by atoms with van der Waals surface area (Å²) in [6.07, 6.45) is 9.16. The molecule has 0 bridgehead atoms. The Morgan fingerprint density at radius 1 is 1.27 bits per heavy atom. The Hall–Kier alpha value is -3.12. The Kier molecular flexibility index (Phi) is 4.90. The Morgan fingerprint density at radius 2 is 2.03 bits per heavy atom. The van der Waals surface area contributed by atoms with Crippen LogP contribution in [0.3, 0.4) is 0 Å². The Labute approximate surface area is 179 Å². The van der Waals surface area contributed by atoms with Gasteiger partial charge in [0.15, 0.2) is 0 Å². The number of pyridine rings is 1. The molecule has 1 N–H and O–H groups in total. The van der Waals surface area contributed by atoms with Crippen LogP contribution in [0.2, 0.25) is 5.02 Å². The lowest BCUT2D eigenvalue weighted by Crippen LogP contribution is -2.25. The topological polar surface area (TPSA) is 81.2 Å². The molecule has 3 aromatic heterocycles. The molecule has 0 saturated carbocycles. The number of hydrogen-bond acceptors (Lipinski definition) is 5. The van der Waals surface area contributed by atoms with Gasteiger partial charge in [0.05, 0.1) is 11.2 Å². The molecule has 0 aliphatic heterocycles. The number of allylic oxidation sites excluding steroid dienone is 4. The maximum Gasteiger partial charge on any atom is 0.347 e. The van der Waals surface area contributed by atoms with Crippen molar-refractivity contribution in [1.82, 2.24) is 14.8 Å². The first-order chi connectivity index (χ1) is 14.2. The van der Waals surface area contributed by atoms with E-state index in [4.69, 9.17) is 16.0 Å². The molecule has 0 saturated heterocycles. The molecule has 7 heteroatoms. The van der Waals surface area contributed by atoms with Crippen molar-refractivity contribution in [2.45, 2.75) is 34.1 Å². The maximum absolute atomic E-state index is 13.0. The van der Waals surface area contributed by atoms with Crippen LogP contribution in [0.15, 0.2) is 57.8 Å². The van der Waals surface area contributed by atoms with E-state index in [0.29, 0.717) is 28.3 Å². The van der Waals surface area contributed by atoms with Crippen molar-refractivity contribution in [2.24, 2.45) is 5.41 Å². The van der Waals surface area contributed by atoms with E-state index in [0.717, 1.165) is 16.8 Å². The van der Waals surface area contributed by atoms with Crippen LogP contribution in [0, 0.1) is 12.3 Å². The summed E-state index contributed by atoms with van der Waals surface area (Å²) in [5, 5.41) is 15.9. The molecular formula is C23H22ClN3O3. The molecule has 1 aliphatic rings. The zero-order chi connectivity index (χ0) is 21.6. The van der Waals surface area contributed by atoms with E-state index in [9.17, 15) is 9.90 Å². The van der Waals surface area contributed by atoms with Crippen molar-refractivity contribution in [1.29, 1.82) is 0 Å². The average molecular weight is 424 g/mol. The lowest BCUT2D eigenvalue weighted by atomic mass is 9.71. The van der Waals surface area contributed by atoms with Crippen LogP contribution in [0.1, 0.15) is 38.3 Å². The summed E-state index contributed by atoms with van der Waals surface area (Å²) in [5.74, 6) is 0.259. The van der Waals surface area contributed by atoms with E-state index in [1.807, 2.05) is 26.8 Å². The number of aromatic nitrogens is 3. The van der Waals surface area contributed by atoms with Gasteiger partial charge >= 0.3 is 5.63 Å². The summed E-state index contributed by atoms with van der Waals surface area (Å²) in [4.78, 5) is 17.1. The van der Waals surface area contributed by atoms with Crippen LogP contribution in [0.25, 0.3) is 22.6 Å². The molecule has 0 aromatic carbocycles. The summed E-state index contributed by atoms with van der Waals surface area (Å²) >= 11 is 6.02. The highest BCUT2D eigenvalue weighted by Crippen LogP contribution is 2.48. The molecular weight excluding hydrogens is 402 g/mol. The molecule has 0 spiro atoms. The summed E-state index contributed by atoms with van der Waals surface area (Å²) in [7, 11) is 0. The molecule has 0 radical (unpaired) electrons. The molecule has 3 heterocycles. The van der Waals surface area contributed by atoms with Gasteiger partial charge < -0.3 is 9.52 Å². The highest BCUT2D eigenvalue weighted by Gasteiger charge is 2.36. The average Bonchev–Trinajstić information content (AvgIpc) is 3.13. The lowest BCUT2D eigenvalue weighted by molar-refractivity contribution is 0.433. The van der Waals surface area contributed by atoms with Gasteiger partial charge in [-0.1, -0.05) is 25.4 Å². The number of rotatable bonds is 3. The Balaban J connectivity index is 1.90. The summed E-state index contributed by atoms with van der Waals surface area (Å²) in [5.41, 5.74) is 2.92. The monoisotopic (exact) mass is 423 g/mol.